The quantitative estimate of drug-likeness (QED) is 0.756. The van der Waals surface area contributed by atoms with Crippen molar-refractivity contribution in [3.8, 4) is 5.75 Å². The highest BCUT2D eigenvalue weighted by Gasteiger charge is 2.17. The molecular formula is C16H22N4O4S. The number of nitrogens with two attached hydrogens (primary N) is 1. The number of aromatic nitrogens is 1. The van der Waals surface area contributed by atoms with Crippen molar-refractivity contribution in [2.24, 2.45) is 12.2 Å². The topological polar surface area (TPSA) is 107 Å². The van der Waals surface area contributed by atoms with Crippen molar-refractivity contribution in [1.82, 2.24) is 9.47 Å². The fourth-order valence-corrected chi connectivity index (χ4v) is 2.67. The lowest BCUT2D eigenvalue weighted by Crippen LogP contribution is -2.19. The van der Waals surface area contributed by atoms with Crippen LogP contribution in [0.3, 0.4) is 0 Å². The average Bonchev–Trinajstić information content (AvgIpc) is 2.91. The van der Waals surface area contributed by atoms with E-state index < -0.39 is 15.9 Å². The minimum atomic E-state index is -3.85. The number of amides is 1. The maximum absolute atomic E-state index is 12.3. The zero-order valence-electron chi connectivity index (χ0n) is 14.4. The summed E-state index contributed by atoms with van der Waals surface area (Å²) in [5.74, 6) is 0.272. The molecule has 1 aromatic carbocycles. The Hall–Kier alpha value is -2.36. The van der Waals surface area contributed by atoms with Gasteiger partial charge in [0, 0.05) is 25.5 Å². The van der Waals surface area contributed by atoms with Crippen LogP contribution >= 0.6 is 0 Å². The molecule has 136 valence electrons. The van der Waals surface area contributed by atoms with E-state index in [2.05, 4.69) is 5.32 Å². The van der Waals surface area contributed by atoms with Gasteiger partial charge < -0.3 is 19.5 Å². The number of ether oxygens (including phenoxy) is 1. The molecule has 1 amide bonds. The molecule has 0 spiro atoms. The van der Waals surface area contributed by atoms with Gasteiger partial charge in [0.05, 0.1) is 0 Å². The number of benzene rings is 1. The van der Waals surface area contributed by atoms with Crippen molar-refractivity contribution in [2.75, 3.05) is 32.6 Å². The third-order valence-electron chi connectivity index (χ3n) is 3.46. The maximum atomic E-state index is 12.3. The van der Waals surface area contributed by atoms with Gasteiger partial charge in [-0.1, -0.05) is 0 Å². The Labute approximate surface area is 147 Å². The first kappa shape index (κ1) is 19.0. The van der Waals surface area contributed by atoms with Crippen molar-refractivity contribution < 1.29 is 17.9 Å². The molecule has 0 radical (unpaired) electrons. The van der Waals surface area contributed by atoms with Crippen LogP contribution in [-0.4, -0.2) is 51.0 Å². The Kier molecular flexibility index (Phi) is 5.83. The summed E-state index contributed by atoms with van der Waals surface area (Å²) >= 11 is 0. The number of rotatable bonds is 7. The fraction of sp³-hybridized carbons (Fsp3) is 0.312. The fourth-order valence-electron chi connectivity index (χ4n) is 2.09. The molecule has 3 N–H and O–H groups in total. The van der Waals surface area contributed by atoms with E-state index in [0.29, 0.717) is 18.0 Å². The number of likely N-dealkylation sites (N-methyl/N-ethyl adjacent to an activating group) is 1. The van der Waals surface area contributed by atoms with E-state index in [1.165, 1.54) is 16.8 Å². The Bertz CT molecular complexity index is 842. The highest BCUT2D eigenvalue weighted by molar-refractivity contribution is 7.89. The summed E-state index contributed by atoms with van der Waals surface area (Å²) in [6.07, 6.45) is 1.30. The Morgan fingerprint density at radius 2 is 1.92 bits per heavy atom. The molecule has 0 saturated carbocycles. The molecule has 0 aliphatic rings. The van der Waals surface area contributed by atoms with Crippen LogP contribution in [0, 0.1) is 0 Å². The third kappa shape index (κ3) is 5.31. The van der Waals surface area contributed by atoms with E-state index in [-0.39, 0.29) is 10.6 Å². The molecule has 25 heavy (non-hydrogen) atoms. The first-order valence-corrected chi connectivity index (χ1v) is 9.09. The summed E-state index contributed by atoms with van der Waals surface area (Å²) in [5.41, 5.74) is 0.763. The van der Waals surface area contributed by atoms with Crippen molar-refractivity contribution in [3.63, 3.8) is 0 Å². The third-order valence-corrected chi connectivity index (χ3v) is 4.34. The van der Waals surface area contributed by atoms with Crippen LogP contribution in [0.25, 0.3) is 0 Å². The zero-order valence-corrected chi connectivity index (χ0v) is 15.2. The second kappa shape index (κ2) is 7.68. The van der Waals surface area contributed by atoms with Gasteiger partial charge in [0.25, 0.3) is 5.91 Å². The lowest BCUT2D eigenvalue weighted by molar-refractivity contribution is 0.101. The van der Waals surface area contributed by atoms with Crippen LogP contribution in [0.5, 0.6) is 5.75 Å². The molecule has 8 nitrogen and oxygen atoms in total. The van der Waals surface area contributed by atoms with Gasteiger partial charge in [-0.3, -0.25) is 4.79 Å². The van der Waals surface area contributed by atoms with Gasteiger partial charge in [-0.15, -0.1) is 0 Å². The van der Waals surface area contributed by atoms with Gasteiger partial charge in [0.2, 0.25) is 10.0 Å². The van der Waals surface area contributed by atoms with Crippen LogP contribution in [0.2, 0.25) is 0 Å². The van der Waals surface area contributed by atoms with Crippen LogP contribution < -0.4 is 15.2 Å². The molecular weight excluding hydrogens is 344 g/mol. The van der Waals surface area contributed by atoms with Crippen LogP contribution in [0.4, 0.5) is 5.69 Å². The Morgan fingerprint density at radius 3 is 2.44 bits per heavy atom. The van der Waals surface area contributed by atoms with Gasteiger partial charge in [-0.25, -0.2) is 13.6 Å². The highest BCUT2D eigenvalue weighted by Crippen LogP contribution is 2.18. The normalized spacial score (nSPS) is 11.6. The molecule has 1 aromatic heterocycles. The highest BCUT2D eigenvalue weighted by atomic mass is 32.2. The number of carbonyl (C=O) groups excluding carboxylic acids is 1. The second-order valence-electron chi connectivity index (χ2n) is 5.85. The van der Waals surface area contributed by atoms with Gasteiger partial charge in [-0.05, 0) is 44.4 Å². The molecule has 0 atom stereocenters. The van der Waals surface area contributed by atoms with E-state index in [9.17, 15) is 13.2 Å². The van der Waals surface area contributed by atoms with Gasteiger partial charge in [0.15, 0.2) is 0 Å². The summed E-state index contributed by atoms with van der Waals surface area (Å²) in [5, 5.41) is 7.78. The van der Waals surface area contributed by atoms with E-state index in [0.717, 1.165) is 6.54 Å². The number of anilines is 1. The lowest BCUT2D eigenvalue weighted by atomic mass is 10.3. The summed E-state index contributed by atoms with van der Waals surface area (Å²) in [6, 6.07) is 8.18. The minimum absolute atomic E-state index is 0.107. The number of primary sulfonamides is 1. The van der Waals surface area contributed by atoms with Crippen molar-refractivity contribution in [3.05, 3.63) is 42.2 Å². The predicted molar refractivity (Wildman–Crippen MR) is 95.2 cm³/mol. The lowest BCUT2D eigenvalue weighted by Gasteiger charge is -2.11. The number of nitrogens with one attached hydrogen (secondary N) is 1. The first-order chi connectivity index (χ1) is 11.7. The van der Waals surface area contributed by atoms with E-state index in [1.807, 2.05) is 19.0 Å². The van der Waals surface area contributed by atoms with Crippen LogP contribution in [-0.2, 0) is 17.1 Å². The van der Waals surface area contributed by atoms with Crippen molar-refractivity contribution >= 4 is 21.6 Å². The van der Waals surface area contributed by atoms with E-state index in [1.54, 1.807) is 31.3 Å². The number of nitrogens with zero attached hydrogens (tertiary/aromatic N) is 2. The Balaban J connectivity index is 2.02. The SMILES string of the molecule is CN(C)CCOc1ccc(NC(=O)c2cc(S(N)(=O)=O)cn2C)cc1. The molecule has 0 saturated heterocycles. The van der Waals surface area contributed by atoms with Gasteiger partial charge >= 0.3 is 0 Å². The van der Waals surface area contributed by atoms with Gasteiger partial charge in [-0.2, -0.15) is 0 Å². The largest absolute Gasteiger partial charge is 0.492 e. The number of carbonyl (C=O) groups is 1. The predicted octanol–water partition coefficient (Wildman–Crippen LogP) is 0.865. The number of hydrogen-bond acceptors (Lipinski definition) is 5. The smallest absolute Gasteiger partial charge is 0.272 e. The summed E-state index contributed by atoms with van der Waals surface area (Å²) in [6.45, 7) is 1.37. The zero-order chi connectivity index (χ0) is 18.6. The summed E-state index contributed by atoms with van der Waals surface area (Å²) in [4.78, 5) is 14.2. The molecule has 9 heteroatoms. The van der Waals surface area contributed by atoms with E-state index >= 15 is 0 Å². The monoisotopic (exact) mass is 366 g/mol. The molecule has 0 unspecified atom stereocenters. The standard InChI is InChI=1S/C16H22N4O4S/c1-19(2)8-9-24-13-6-4-12(5-7-13)18-16(21)15-10-14(11-20(15)3)25(17,22)23/h4-7,10-11H,8-9H2,1-3H3,(H,18,21)(H2,17,22,23). The number of sulfonamides is 1. The Morgan fingerprint density at radius 1 is 1.28 bits per heavy atom. The van der Waals surface area contributed by atoms with Gasteiger partial charge in [0.1, 0.15) is 22.9 Å². The minimum Gasteiger partial charge on any atom is -0.492 e. The maximum Gasteiger partial charge on any atom is 0.272 e. The number of hydrogen-bond donors (Lipinski definition) is 2. The van der Waals surface area contributed by atoms with Crippen LogP contribution in [0.15, 0.2) is 41.4 Å². The molecule has 1 heterocycles. The second-order valence-corrected chi connectivity index (χ2v) is 7.41. The van der Waals surface area contributed by atoms with Crippen LogP contribution in [0.1, 0.15) is 10.5 Å². The van der Waals surface area contributed by atoms with Crippen molar-refractivity contribution in [1.29, 1.82) is 0 Å². The summed E-state index contributed by atoms with van der Waals surface area (Å²) in [7, 11) is 1.65. The molecule has 0 aliphatic heterocycles. The molecule has 2 aromatic rings. The average molecular weight is 366 g/mol. The van der Waals surface area contributed by atoms with E-state index in [4.69, 9.17) is 9.88 Å². The molecule has 0 fully saturated rings. The van der Waals surface area contributed by atoms with Crippen molar-refractivity contribution in [2.45, 2.75) is 4.90 Å². The first-order valence-electron chi connectivity index (χ1n) is 7.55. The summed E-state index contributed by atoms with van der Waals surface area (Å²) < 4.78 is 29.7. The molecule has 2 rings (SSSR count). The number of aryl methyl sites for hydroxylation is 1. The molecule has 0 bridgehead atoms. The molecule has 0 aliphatic carbocycles.